The number of carbonyl (C=O) groups is 1. The Morgan fingerprint density at radius 1 is 0.931 bits per heavy atom. The molecular formula is C23H20N4O2. The topological polar surface area (TPSA) is 76.1 Å². The molecule has 0 fully saturated rings. The van der Waals surface area contributed by atoms with Crippen molar-refractivity contribution >= 4 is 33.9 Å². The summed E-state index contributed by atoms with van der Waals surface area (Å²) in [6, 6.07) is 20.6. The van der Waals surface area contributed by atoms with Gasteiger partial charge in [0.15, 0.2) is 0 Å². The highest BCUT2D eigenvalue weighted by atomic mass is 16.5. The standard InChI is InChI=1S/C23H20N4O2/c1-2-29-19-10-8-17(9-11-19)27-23(28)21-15-18(12-14-24-21)26-20-7-3-5-16-6-4-13-25-22(16)20/h3-15H,2H2,1H3,(H,24,26)(H,27,28). The lowest BCUT2D eigenvalue weighted by atomic mass is 10.2. The number of para-hydroxylation sites is 1. The Balaban J connectivity index is 1.51. The molecule has 4 aromatic rings. The summed E-state index contributed by atoms with van der Waals surface area (Å²) in [6.07, 6.45) is 3.36. The molecule has 1 amide bonds. The van der Waals surface area contributed by atoms with Crippen molar-refractivity contribution in [2.45, 2.75) is 6.92 Å². The number of carbonyl (C=O) groups excluding carboxylic acids is 1. The summed E-state index contributed by atoms with van der Waals surface area (Å²) < 4.78 is 5.41. The second-order valence-electron chi connectivity index (χ2n) is 6.35. The Labute approximate surface area is 168 Å². The maximum atomic E-state index is 12.6. The summed E-state index contributed by atoms with van der Waals surface area (Å²) in [5.41, 5.74) is 3.49. The van der Waals surface area contributed by atoms with Gasteiger partial charge in [-0.15, -0.1) is 0 Å². The molecule has 2 aromatic carbocycles. The number of nitrogens with one attached hydrogen (secondary N) is 2. The number of pyridine rings is 2. The third-order valence-corrected chi connectivity index (χ3v) is 4.33. The highest BCUT2D eigenvalue weighted by molar-refractivity contribution is 6.03. The molecule has 29 heavy (non-hydrogen) atoms. The van der Waals surface area contributed by atoms with Crippen molar-refractivity contribution in [2.24, 2.45) is 0 Å². The number of ether oxygens (including phenoxy) is 1. The molecule has 0 unspecified atom stereocenters. The largest absolute Gasteiger partial charge is 0.494 e. The van der Waals surface area contributed by atoms with Gasteiger partial charge < -0.3 is 15.4 Å². The number of benzene rings is 2. The van der Waals surface area contributed by atoms with Crippen molar-refractivity contribution in [3.63, 3.8) is 0 Å². The molecule has 0 bridgehead atoms. The van der Waals surface area contributed by atoms with E-state index in [2.05, 4.69) is 20.6 Å². The number of hydrogen-bond donors (Lipinski definition) is 2. The first-order chi connectivity index (χ1) is 14.2. The lowest BCUT2D eigenvalue weighted by Gasteiger charge is -2.10. The third kappa shape index (κ3) is 4.32. The molecule has 6 nitrogen and oxygen atoms in total. The van der Waals surface area contributed by atoms with Crippen LogP contribution in [0.5, 0.6) is 5.75 Å². The van der Waals surface area contributed by atoms with Crippen LogP contribution in [-0.2, 0) is 0 Å². The maximum absolute atomic E-state index is 12.6. The smallest absolute Gasteiger partial charge is 0.274 e. The Morgan fingerprint density at radius 3 is 2.59 bits per heavy atom. The molecule has 2 N–H and O–H groups in total. The molecule has 0 aliphatic heterocycles. The van der Waals surface area contributed by atoms with Gasteiger partial charge in [0, 0.05) is 29.2 Å². The molecule has 0 saturated heterocycles. The zero-order valence-electron chi connectivity index (χ0n) is 15.9. The Hall–Kier alpha value is -3.93. The number of anilines is 3. The van der Waals surface area contributed by atoms with Crippen molar-refractivity contribution in [1.29, 1.82) is 0 Å². The predicted molar refractivity (Wildman–Crippen MR) is 115 cm³/mol. The van der Waals surface area contributed by atoms with Gasteiger partial charge in [0.05, 0.1) is 17.8 Å². The van der Waals surface area contributed by atoms with E-state index in [-0.39, 0.29) is 5.91 Å². The van der Waals surface area contributed by atoms with Gasteiger partial charge in [-0.05, 0) is 55.5 Å². The van der Waals surface area contributed by atoms with Crippen LogP contribution in [0.15, 0.2) is 79.1 Å². The van der Waals surface area contributed by atoms with E-state index in [1.54, 1.807) is 30.6 Å². The minimum Gasteiger partial charge on any atom is -0.494 e. The van der Waals surface area contributed by atoms with Crippen LogP contribution in [0.1, 0.15) is 17.4 Å². The normalized spacial score (nSPS) is 10.5. The van der Waals surface area contributed by atoms with Crippen LogP contribution < -0.4 is 15.4 Å². The molecule has 0 spiro atoms. The second kappa shape index (κ2) is 8.39. The molecule has 0 radical (unpaired) electrons. The zero-order valence-corrected chi connectivity index (χ0v) is 15.9. The van der Waals surface area contributed by atoms with E-state index < -0.39 is 0 Å². The summed E-state index contributed by atoms with van der Waals surface area (Å²) in [5, 5.41) is 7.22. The van der Waals surface area contributed by atoms with Gasteiger partial charge in [0.1, 0.15) is 11.4 Å². The van der Waals surface area contributed by atoms with Gasteiger partial charge in [-0.1, -0.05) is 18.2 Å². The van der Waals surface area contributed by atoms with E-state index in [0.29, 0.717) is 18.0 Å². The van der Waals surface area contributed by atoms with E-state index in [4.69, 9.17) is 4.74 Å². The fourth-order valence-corrected chi connectivity index (χ4v) is 2.99. The maximum Gasteiger partial charge on any atom is 0.274 e. The van der Waals surface area contributed by atoms with E-state index in [1.165, 1.54) is 0 Å². The predicted octanol–water partition coefficient (Wildman–Crippen LogP) is 5.02. The van der Waals surface area contributed by atoms with Crippen LogP contribution in [0.2, 0.25) is 0 Å². The highest BCUT2D eigenvalue weighted by Crippen LogP contribution is 2.25. The summed E-state index contributed by atoms with van der Waals surface area (Å²) in [5.74, 6) is 0.479. The lowest BCUT2D eigenvalue weighted by Crippen LogP contribution is -2.13. The van der Waals surface area contributed by atoms with Crippen molar-refractivity contribution in [1.82, 2.24) is 9.97 Å². The summed E-state index contributed by atoms with van der Waals surface area (Å²) in [6.45, 7) is 2.53. The van der Waals surface area contributed by atoms with Crippen LogP contribution in [0.25, 0.3) is 10.9 Å². The van der Waals surface area contributed by atoms with Crippen LogP contribution in [0.3, 0.4) is 0 Å². The molecule has 0 aliphatic rings. The first kappa shape index (κ1) is 18.4. The van der Waals surface area contributed by atoms with Crippen LogP contribution >= 0.6 is 0 Å². The number of aromatic nitrogens is 2. The SMILES string of the molecule is CCOc1ccc(NC(=O)c2cc(Nc3cccc4cccnc34)ccn2)cc1. The number of rotatable bonds is 6. The fourth-order valence-electron chi connectivity index (χ4n) is 2.99. The Bertz CT molecular complexity index is 1140. The average Bonchev–Trinajstić information content (AvgIpc) is 2.76. The molecule has 144 valence electrons. The quantitative estimate of drug-likeness (QED) is 0.488. The fraction of sp³-hybridized carbons (Fsp3) is 0.0870. The Kier molecular flexibility index (Phi) is 5.33. The van der Waals surface area contributed by atoms with E-state index in [0.717, 1.165) is 28.0 Å². The number of fused-ring (bicyclic) bond motifs is 1. The zero-order chi connectivity index (χ0) is 20.1. The molecule has 0 saturated carbocycles. The molecule has 0 atom stereocenters. The number of nitrogens with zero attached hydrogens (tertiary/aromatic N) is 2. The molecule has 6 heteroatoms. The Morgan fingerprint density at radius 2 is 1.76 bits per heavy atom. The van der Waals surface area contributed by atoms with E-state index in [1.807, 2.05) is 55.5 Å². The van der Waals surface area contributed by atoms with Crippen LogP contribution in [0, 0.1) is 0 Å². The summed E-state index contributed by atoms with van der Waals surface area (Å²) in [7, 11) is 0. The molecule has 4 rings (SSSR count). The minimum absolute atomic E-state index is 0.283. The van der Waals surface area contributed by atoms with Gasteiger partial charge in [0.25, 0.3) is 5.91 Å². The first-order valence-electron chi connectivity index (χ1n) is 9.34. The second-order valence-corrected chi connectivity index (χ2v) is 6.35. The van der Waals surface area contributed by atoms with Gasteiger partial charge >= 0.3 is 0 Å². The molecule has 2 heterocycles. The van der Waals surface area contributed by atoms with E-state index in [9.17, 15) is 4.79 Å². The van der Waals surface area contributed by atoms with Crippen molar-refractivity contribution < 1.29 is 9.53 Å². The van der Waals surface area contributed by atoms with Gasteiger partial charge in [-0.25, -0.2) is 0 Å². The average molecular weight is 384 g/mol. The molecular weight excluding hydrogens is 364 g/mol. The van der Waals surface area contributed by atoms with Gasteiger partial charge in [-0.2, -0.15) is 0 Å². The summed E-state index contributed by atoms with van der Waals surface area (Å²) in [4.78, 5) is 21.2. The van der Waals surface area contributed by atoms with Gasteiger partial charge in [-0.3, -0.25) is 14.8 Å². The van der Waals surface area contributed by atoms with Crippen LogP contribution in [-0.4, -0.2) is 22.5 Å². The minimum atomic E-state index is -0.283. The third-order valence-electron chi connectivity index (χ3n) is 4.33. The molecule has 0 aliphatic carbocycles. The monoisotopic (exact) mass is 384 g/mol. The van der Waals surface area contributed by atoms with E-state index >= 15 is 0 Å². The van der Waals surface area contributed by atoms with Crippen molar-refractivity contribution in [3.05, 3.63) is 84.8 Å². The van der Waals surface area contributed by atoms with Gasteiger partial charge in [0.2, 0.25) is 0 Å². The highest BCUT2D eigenvalue weighted by Gasteiger charge is 2.10. The summed E-state index contributed by atoms with van der Waals surface area (Å²) >= 11 is 0. The van der Waals surface area contributed by atoms with Crippen molar-refractivity contribution in [3.8, 4) is 5.75 Å². The first-order valence-corrected chi connectivity index (χ1v) is 9.34. The number of hydrogen-bond acceptors (Lipinski definition) is 5. The van der Waals surface area contributed by atoms with Crippen LogP contribution in [0.4, 0.5) is 17.1 Å². The number of amides is 1. The molecule has 2 aromatic heterocycles. The lowest BCUT2D eigenvalue weighted by molar-refractivity contribution is 0.102. The van der Waals surface area contributed by atoms with Crippen molar-refractivity contribution in [2.75, 3.05) is 17.2 Å².